The lowest BCUT2D eigenvalue weighted by Gasteiger charge is -2.18. The summed E-state index contributed by atoms with van der Waals surface area (Å²) in [6.45, 7) is 8.18. The monoisotopic (exact) mass is 311 g/mol. The SMILES string of the molecule is COc1ccc(CN2CCC(C(C)C)C2)cc1Br. The quantitative estimate of drug-likeness (QED) is 0.835. The number of nitrogens with zero attached hydrogens (tertiary/aromatic N) is 1. The molecule has 1 fully saturated rings. The van der Waals surface area contributed by atoms with Gasteiger partial charge < -0.3 is 4.74 Å². The van der Waals surface area contributed by atoms with Gasteiger partial charge in [0.1, 0.15) is 5.75 Å². The molecule has 1 aromatic carbocycles. The molecule has 0 amide bonds. The highest BCUT2D eigenvalue weighted by Gasteiger charge is 2.24. The molecule has 0 saturated carbocycles. The van der Waals surface area contributed by atoms with Gasteiger partial charge >= 0.3 is 0 Å². The Labute approximate surface area is 118 Å². The molecule has 0 N–H and O–H groups in total. The molecule has 1 heterocycles. The highest BCUT2D eigenvalue weighted by atomic mass is 79.9. The first-order chi connectivity index (χ1) is 8.60. The van der Waals surface area contributed by atoms with Crippen LogP contribution in [0.25, 0.3) is 0 Å². The van der Waals surface area contributed by atoms with Crippen molar-refractivity contribution in [1.29, 1.82) is 0 Å². The van der Waals surface area contributed by atoms with Crippen molar-refractivity contribution in [1.82, 2.24) is 4.90 Å². The van der Waals surface area contributed by atoms with Crippen molar-refractivity contribution in [2.45, 2.75) is 26.8 Å². The zero-order valence-electron chi connectivity index (χ0n) is 11.4. The normalized spacial score (nSPS) is 20.6. The van der Waals surface area contributed by atoms with E-state index in [2.05, 4.69) is 46.8 Å². The largest absolute Gasteiger partial charge is 0.496 e. The Morgan fingerprint density at radius 1 is 1.44 bits per heavy atom. The maximum absolute atomic E-state index is 5.26. The second-order valence-corrected chi connectivity index (χ2v) is 6.35. The molecule has 0 bridgehead atoms. The van der Waals surface area contributed by atoms with Gasteiger partial charge in [0, 0.05) is 13.1 Å². The third kappa shape index (κ3) is 3.27. The Kier molecular flexibility index (Phi) is 4.68. The van der Waals surface area contributed by atoms with Crippen LogP contribution in [-0.4, -0.2) is 25.1 Å². The minimum absolute atomic E-state index is 0.803. The predicted octanol–water partition coefficient (Wildman–Crippen LogP) is 3.94. The van der Waals surface area contributed by atoms with Gasteiger partial charge in [0.15, 0.2) is 0 Å². The van der Waals surface area contributed by atoms with Crippen molar-refractivity contribution in [2.24, 2.45) is 11.8 Å². The summed E-state index contributed by atoms with van der Waals surface area (Å²) in [6.07, 6.45) is 1.34. The molecule has 1 aromatic rings. The van der Waals surface area contributed by atoms with Crippen LogP contribution in [0.5, 0.6) is 5.75 Å². The fourth-order valence-electron chi connectivity index (χ4n) is 2.62. The average Bonchev–Trinajstić information content (AvgIpc) is 2.78. The molecule has 100 valence electrons. The number of hydrogen-bond donors (Lipinski definition) is 0. The standard InChI is InChI=1S/C15H22BrNO/c1-11(2)13-6-7-17(10-13)9-12-4-5-15(18-3)14(16)8-12/h4-5,8,11,13H,6-7,9-10H2,1-3H3. The summed E-state index contributed by atoms with van der Waals surface area (Å²) in [4.78, 5) is 2.55. The Bertz CT molecular complexity index is 405. The summed E-state index contributed by atoms with van der Waals surface area (Å²) >= 11 is 3.55. The van der Waals surface area contributed by atoms with Crippen LogP contribution in [0.15, 0.2) is 22.7 Å². The van der Waals surface area contributed by atoms with E-state index in [4.69, 9.17) is 4.74 Å². The maximum atomic E-state index is 5.26. The van der Waals surface area contributed by atoms with Gasteiger partial charge in [0.05, 0.1) is 11.6 Å². The van der Waals surface area contributed by atoms with Crippen LogP contribution in [0.3, 0.4) is 0 Å². The highest BCUT2D eigenvalue weighted by molar-refractivity contribution is 9.10. The van der Waals surface area contributed by atoms with Gasteiger partial charge in [-0.25, -0.2) is 0 Å². The minimum Gasteiger partial charge on any atom is -0.496 e. The topological polar surface area (TPSA) is 12.5 Å². The summed E-state index contributed by atoms with van der Waals surface area (Å²) in [6, 6.07) is 6.36. The van der Waals surface area contributed by atoms with E-state index >= 15 is 0 Å². The second-order valence-electron chi connectivity index (χ2n) is 5.50. The van der Waals surface area contributed by atoms with Gasteiger partial charge in [0.25, 0.3) is 0 Å². The van der Waals surface area contributed by atoms with Gasteiger partial charge in [0.2, 0.25) is 0 Å². The number of halogens is 1. The minimum atomic E-state index is 0.803. The molecule has 0 spiro atoms. The molecule has 0 aliphatic carbocycles. The number of likely N-dealkylation sites (tertiary alicyclic amines) is 1. The lowest BCUT2D eigenvalue weighted by atomic mass is 9.95. The number of methoxy groups -OCH3 is 1. The van der Waals surface area contributed by atoms with Crippen molar-refractivity contribution in [3.05, 3.63) is 28.2 Å². The Morgan fingerprint density at radius 3 is 2.78 bits per heavy atom. The third-order valence-electron chi connectivity index (χ3n) is 3.87. The van der Waals surface area contributed by atoms with Crippen molar-refractivity contribution >= 4 is 15.9 Å². The number of ether oxygens (including phenoxy) is 1. The summed E-state index contributed by atoms with van der Waals surface area (Å²) in [5, 5.41) is 0. The van der Waals surface area contributed by atoms with Gasteiger partial charge in [-0.3, -0.25) is 4.90 Å². The van der Waals surface area contributed by atoms with Gasteiger partial charge in [-0.05, 0) is 58.4 Å². The molecule has 1 saturated heterocycles. The van der Waals surface area contributed by atoms with E-state index in [1.807, 2.05) is 6.07 Å². The predicted molar refractivity (Wildman–Crippen MR) is 78.9 cm³/mol. The summed E-state index contributed by atoms with van der Waals surface area (Å²) < 4.78 is 6.30. The van der Waals surface area contributed by atoms with Gasteiger partial charge in [-0.2, -0.15) is 0 Å². The van der Waals surface area contributed by atoms with E-state index in [0.717, 1.165) is 28.6 Å². The fourth-order valence-corrected chi connectivity index (χ4v) is 3.20. The van der Waals surface area contributed by atoms with Crippen molar-refractivity contribution in [2.75, 3.05) is 20.2 Å². The molecular formula is C15H22BrNO. The van der Waals surface area contributed by atoms with Crippen LogP contribution in [0.1, 0.15) is 25.8 Å². The van der Waals surface area contributed by atoms with Crippen LogP contribution in [-0.2, 0) is 6.54 Å². The van der Waals surface area contributed by atoms with Crippen LogP contribution >= 0.6 is 15.9 Å². The first-order valence-corrected chi connectivity index (χ1v) is 7.44. The molecule has 1 atom stereocenters. The molecule has 1 aliphatic rings. The molecule has 2 rings (SSSR count). The van der Waals surface area contributed by atoms with Crippen molar-refractivity contribution in [3.63, 3.8) is 0 Å². The summed E-state index contributed by atoms with van der Waals surface area (Å²) in [5.74, 6) is 2.57. The first kappa shape index (κ1) is 13.9. The Balaban J connectivity index is 1.96. The van der Waals surface area contributed by atoms with E-state index in [-0.39, 0.29) is 0 Å². The van der Waals surface area contributed by atoms with Crippen molar-refractivity contribution < 1.29 is 4.74 Å². The maximum Gasteiger partial charge on any atom is 0.133 e. The van der Waals surface area contributed by atoms with Crippen LogP contribution in [0.4, 0.5) is 0 Å². The summed E-state index contributed by atoms with van der Waals surface area (Å²) in [7, 11) is 1.70. The molecule has 1 aliphatic heterocycles. The first-order valence-electron chi connectivity index (χ1n) is 6.65. The zero-order chi connectivity index (χ0) is 13.1. The number of benzene rings is 1. The van der Waals surface area contributed by atoms with Crippen LogP contribution in [0.2, 0.25) is 0 Å². The Morgan fingerprint density at radius 2 is 2.22 bits per heavy atom. The van der Waals surface area contributed by atoms with Gasteiger partial charge in [-0.1, -0.05) is 19.9 Å². The summed E-state index contributed by atoms with van der Waals surface area (Å²) in [5.41, 5.74) is 1.35. The molecular weight excluding hydrogens is 290 g/mol. The van der Waals surface area contributed by atoms with E-state index in [1.54, 1.807) is 7.11 Å². The third-order valence-corrected chi connectivity index (χ3v) is 4.49. The smallest absolute Gasteiger partial charge is 0.133 e. The fraction of sp³-hybridized carbons (Fsp3) is 0.600. The van der Waals surface area contributed by atoms with Gasteiger partial charge in [-0.15, -0.1) is 0 Å². The lowest BCUT2D eigenvalue weighted by molar-refractivity contribution is 0.296. The lowest BCUT2D eigenvalue weighted by Crippen LogP contribution is -2.21. The van der Waals surface area contributed by atoms with E-state index < -0.39 is 0 Å². The molecule has 3 heteroatoms. The van der Waals surface area contributed by atoms with Crippen LogP contribution < -0.4 is 4.74 Å². The van der Waals surface area contributed by atoms with E-state index in [0.29, 0.717) is 0 Å². The number of hydrogen-bond acceptors (Lipinski definition) is 2. The van der Waals surface area contributed by atoms with Crippen molar-refractivity contribution in [3.8, 4) is 5.75 Å². The van der Waals surface area contributed by atoms with E-state index in [1.165, 1.54) is 25.1 Å². The molecule has 0 aromatic heterocycles. The number of rotatable bonds is 4. The highest BCUT2D eigenvalue weighted by Crippen LogP contribution is 2.28. The molecule has 18 heavy (non-hydrogen) atoms. The second kappa shape index (κ2) is 6.07. The molecule has 1 unspecified atom stereocenters. The average molecular weight is 312 g/mol. The Hall–Kier alpha value is -0.540. The molecule has 0 radical (unpaired) electrons. The molecule has 2 nitrogen and oxygen atoms in total. The van der Waals surface area contributed by atoms with E-state index in [9.17, 15) is 0 Å². The zero-order valence-corrected chi connectivity index (χ0v) is 13.0. The van der Waals surface area contributed by atoms with Crippen LogP contribution in [0, 0.1) is 11.8 Å².